The molecule has 0 aliphatic carbocycles. The van der Waals surface area contributed by atoms with Crippen molar-refractivity contribution in [3.8, 4) is 0 Å². The normalized spacial score (nSPS) is 11.6. The zero-order valence-corrected chi connectivity index (χ0v) is 13.0. The number of halogens is 5. The van der Waals surface area contributed by atoms with Crippen LogP contribution in [0.5, 0.6) is 0 Å². The molecule has 0 radical (unpaired) electrons. The van der Waals surface area contributed by atoms with Crippen LogP contribution in [0.15, 0.2) is 23.1 Å². The summed E-state index contributed by atoms with van der Waals surface area (Å²) < 4.78 is 37.0. The van der Waals surface area contributed by atoms with Crippen molar-refractivity contribution >= 4 is 49.4 Å². The van der Waals surface area contributed by atoms with Gasteiger partial charge in [-0.05, 0) is 35.5 Å². The fraction of sp³-hybridized carbons (Fsp3) is 0.364. The van der Waals surface area contributed by atoms with Crippen molar-refractivity contribution in [3.63, 3.8) is 0 Å². The molecule has 0 unspecified atom stereocenters. The summed E-state index contributed by atoms with van der Waals surface area (Å²) in [5.74, 6) is -0.168. The number of carbonyl (C=O) groups excluding carboxylic acids is 1. The molecule has 0 saturated carbocycles. The zero-order valence-electron chi connectivity index (χ0n) is 9.06. The molecule has 7 heteroatoms. The second-order valence-electron chi connectivity index (χ2n) is 3.41. The van der Waals surface area contributed by atoms with Crippen LogP contribution in [-0.4, -0.2) is 16.6 Å². The molecular formula is C11H9Br2F3OS. The Morgan fingerprint density at radius 1 is 1.22 bits per heavy atom. The van der Waals surface area contributed by atoms with Crippen LogP contribution in [0, 0.1) is 0 Å². The summed E-state index contributed by atoms with van der Waals surface area (Å²) >= 11 is 6.11. The number of ketones is 1. The average molecular weight is 406 g/mol. The molecule has 1 aromatic carbocycles. The molecule has 18 heavy (non-hydrogen) atoms. The van der Waals surface area contributed by atoms with E-state index in [9.17, 15) is 18.0 Å². The third kappa shape index (κ3) is 5.32. The Kier molecular flexibility index (Phi) is 6.20. The highest BCUT2D eigenvalue weighted by Crippen LogP contribution is 2.37. The van der Waals surface area contributed by atoms with E-state index in [1.165, 1.54) is 12.1 Å². The third-order valence-corrected chi connectivity index (χ3v) is 3.74. The monoisotopic (exact) mass is 404 g/mol. The minimum absolute atomic E-state index is 0.0392. The molecule has 0 N–H and O–H groups in total. The number of rotatable bonds is 5. The minimum Gasteiger partial charge on any atom is -0.294 e. The van der Waals surface area contributed by atoms with Crippen molar-refractivity contribution in [1.82, 2.24) is 0 Å². The standard InChI is InChI=1S/C11H9Br2F3OS/c12-2-1-10(17)8-3-7(6-13)4-9(5-8)18-11(14,15)16/h3-5H,1-2,6H2. The molecule has 0 aromatic heterocycles. The molecule has 0 aliphatic heterocycles. The predicted molar refractivity (Wildman–Crippen MR) is 73.7 cm³/mol. The van der Waals surface area contributed by atoms with Crippen LogP contribution in [0.1, 0.15) is 22.3 Å². The van der Waals surface area contributed by atoms with Crippen molar-refractivity contribution in [2.45, 2.75) is 22.2 Å². The first kappa shape index (κ1) is 16.0. The van der Waals surface area contributed by atoms with Gasteiger partial charge in [0.15, 0.2) is 5.78 Å². The van der Waals surface area contributed by atoms with E-state index in [0.29, 0.717) is 21.8 Å². The van der Waals surface area contributed by atoms with E-state index in [2.05, 4.69) is 31.9 Å². The van der Waals surface area contributed by atoms with Crippen LogP contribution >= 0.6 is 43.6 Å². The Morgan fingerprint density at radius 2 is 1.89 bits per heavy atom. The van der Waals surface area contributed by atoms with Gasteiger partial charge in [-0.2, -0.15) is 13.2 Å². The van der Waals surface area contributed by atoms with E-state index in [1.807, 2.05) is 0 Å². The summed E-state index contributed by atoms with van der Waals surface area (Å²) in [4.78, 5) is 11.7. The quantitative estimate of drug-likeness (QED) is 0.382. The molecular weight excluding hydrogens is 397 g/mol. The van der Waals surface area contributed by atoms with Crippen molar-refractivity contribution in [2.24, 2.45) is 0 Å². The van der Waals surface area contributed by atoms with Gasteiger partial charge < -0.3 is 0 Å². The van der Waals surface area contributed by atoms with Gasteiger partial charge in [-0.15, -0.1) is 0 Å². The van der Waals surface area contributed by atoms with Crippen molar-refractivity contribution < 1.29 is 18.0 Å². The van der Waals surface area contributed by atoms with Gasteiger partial charge in [-0.3, -0.25) is 4.79 Å². The van der Waals surface area contributed by atoms with E-state index < -0.39 is 5.51 Å². The Balaban J connectivity index is 3.05. The van der Waals surface area contributed by atoms with Crippen LogP contribution in [0.25, 0.3) is 0 Å². The number of Topliss-reactive ketones (excluding diaryl/α,β-unsaturated/α-hetero) is 1. The fourth-order valence-electron chi connectivity index (χ4n) is 1.32. The molecule has 1 aromatic rings. The SMILES string of the molecule is O=C(CCBr)c1cc(CBr)cc(SC(F)(F)F)c1. The number of thioether (sulfide) groups is 1. The highest BCUT2D eigenvalue weighted by molar-refractivity contribution is 9.09. The molecule has 1 nitrogen and oxygen atoms in total. The van der Waals surface area contributed by atoms with Gasteiger partial charge in [0.2, 0.25) is 0 Å². The van der Waals surface area contributed by atoms with Crippen molar-refractivity contribution in [3.05, 3.63) is 29.3 Å². The van der Waals surface area contributed by atoms with E-state index >= 15 is 0 Å². The van der Waals surface area contributed by atoms with Crippen molar-refractivity contribution in [1.29, 1.82) is 0 Å². The Labute approximate surface area is 124 Å². The lowest BCUT2D eigenvalue weighted by Gasteiger charge is -2.09. The number of benzene rings is 1. The van der Waals surface area contributed by atoms with Crippen LogP contribution in [0.4, 0.5) is 13.2 Å². The first-order chi connectivity index (χ1) is 8.35. The van der Waals surface area contributed by atoms with E-state index in [-0.39, 0.29) is 28.9 Å². The lowest BCUT2D eigenvalue weighted by Crippen LogP contribution is -2.03. The summed E-state index contributed by atoms with van der Waals surface area (Å²) in [5.41, 5.74) is -3.37. The van der Waals surface area contributed by atoms with Crippen LogP contribution in [0.3, 0.4) is 0 Å². The summed E-state index contributed by atoms with van der Waals surface area (Å²) in [6, 6.07) is 4.33. The topological polar surface area (TPSA) is 17.1 Å². The van der Waals surface area contributed by atoms with Gasteiger partial charge in [0.25, 0.3) is 0 Å². The summed E-state index contributed by atoms with van der Waals surface area (Å²) in [6.45, 7) is 0. The highest BCUT2D eigenvalue weighted by Gasteiger charge is 2.29. The Hall–Kier alpha value is -0.0100. The lowest BCUT2D eigenvalue weighted by molar-refractivity contribution is -0.0328. The Bertz CT molecular complexity index is 435. The molecule has 0 heterocycles. The largest absolute Gasteiger partial charge is 0.446 e. The van der Waals surface area contributed by atoms with Gasteiger partial charge in [0.1, 0.15) is 0 Å². The van der Waals surface area contributed by atoms with Crippen LogP contribution < -0.4 is 0 Å². The lowest BCUT2D eigenvalue weighted by atomic mass is 10.1. The molecule has 0 bridgehead atoms. The number of hydrogen-bond donors (Lipinski definition) is 0. The second kappa shape index (κ2) is 6.96. The Morgan fingerprint density at radius 3 is 2.39 bits per heavy atom. The van der Waals surface area contributed by atoms with Crippen LogP contribution in [-0.2, 0) is 5.33 Å². The summed E-state index contributed by atoms with van der Waals surface area (Å²) in [6.07, 6.45) is 0.266. The maximum absolute atomic E-state index is 12.3. The molecule has 0 atom stereocenters. The van der Waals surface area contributed by atoms with E-state index in [4.69, 9.17) is 0 Å². The zero-order chi connectivity index (χ0) is 13.8. The first-order valence-electron chi connectivity index (χ1n) is 4.90. The van der Waals surface area contributed by atoms with Gasteiger partial charge >= 0.3 is 5.51 Å². The van der Waals surface area contributed by atoms with Crippen LogP contribution in [0.2, 0.25) is 0 Å². The molecule has 0 aliphatic rings. The minimum atomic E-state index is -4.35. The maximum atomic E-state index is 12.3. The molecule has 100 valence electrons. The number of hydrogen-bond acceptors (Lipinski definition) is 2. The third-order valence-electron chi connectivity index (χ3n) is 2.00. The second-order valence-corrected chi connectivity index (χ2v) is 5.90. The van der Waals surface area contributed by atoms with E-state index in [0.717, 1.165) is 0 Å². The van der Waals surface area contributed by atoms with Gasteiger partial charge in [0.05, 0.1) is 0 Å². The molecule has 0 saturated heterocycles. The highest BCUT2D eigenvalue weighted by atomic mass is 79.9. The molecule has 0 fully saturated rings. The predicted octanol–water partition coefficient (Wildman–Crippen LogP) is 5.16. The summed E-state index contributed by atoms with van der Waals surface area (Å²) in [7, 11) is 0. The molecule has 0 amide bonds. The molecule has 1 rings (SSSR count). The van der Waals surface area contributed by atoms with E-state index in [1.54, 1.807) is 6.07 Å². The number of carbonyl (C=O) groups is 1. The van der Waals surface area contributed by atoms with Gasteiger partial charge in [0, 0.05) is 27.5 Å². The maximum Gasteiger partial charge on any atom is 0.446 e. The fourth-order valence-corrected chi connectivity index (χ4v) is 2.67. The first-order valence-corrected chi connectivity index (χ1v) is 7.96. The van der Waals surface area contributed by atoms with Gasteiger partial charge in [-0.1, -0.05) is 31.9 Å². The number of alkyl halides is 5. The van der Waals surface area contributed by atoms with Gasteiger partial charge in [-0.25, -0.2) is 0 Å². The summed E-state index contributed by atoms with van der Waals surface area (Å²) in [5, 5.41) is 0.903. The van der Waals surface area contributed by atoms with Crippen molar-refractivity contribution in [2.75, 3.05) is 5.33 Å². The molecule has 0 spiro atoms. The average Bonchev–Trinajstić information content (AvgIpc) is 2.26. The smallest absolute Gasteiger partial charge is 0.294 e.